The van der Waals surface area contributed by atoms with Crippen molar-refractivity contribution in [3.8, 4) is 0 Å². The molecule has 5 heteroatoms. The van der Waals surface area contributed by atoms with Crippen LogP contribution in [0.4, 0.5) is 11.6 Å². The highest BCUT2D eigenvalue weighted by atomic mass is 79.9. The molecule has 20 heavy (non-hydrogen) atoms. The van der Waals surface area contributed by atoms with Gasteiger partial charge in [-0.1, -0.05) is 28.1 Å². The maximum absolute atomic E-state index is 4.56. The second-order valence-electron chi connectivity index (χ2n) is 4.80. The van der Waals surface area contributed by atoms with Crippen molar-refractivity contribution in [3.05, 3.63) is 45.7 Å². The molecule has 0 aliphatic carbocycles. The molecule has 1 N–H and O–H groups in total. The molecule has 0 aliphatic rings. The van der Waals surface area contributed by atoms with E-state index in [4.69, 9.17) is 0 Å². The Morgan fingerprint density at radius 2 is 1.80 bits per heavy atom. The first-order valence-electron chi connectivity index (χ1n) is 6.50. The molecular weight excluding hydrogens is 316 g/mol. The van der Waals surface area contributed by atoms with Gasteiger partial charge in [0, 0.05) is 30.7 Å². The number of aryl methyl sites for hydroxylation is 1. The first kappa shape index (κ1) is 14.8. The normalized spacial score (nSPS) is 10.4. The number of benzene rings is 1. The average Bonchev–Trinajstić information content (AvgIpc) is 2.43. The summed E-state index contributed by atoms with van der Waals surface area (Å²) < 4.78 is 1.09. The minimum absolute atomic E-state index is 0.776. The van der Waals surface area contributed by atoms with E-state index in [0.717, 1.165) is 34.0 Å². The van der Waals surface area contributed by atoms with Crippen LogP contribution in [0.15, 0.2) is 28.7 Å². The smallest absolute Gasteiger partial charge is 0.137 e. The maximum Gasteiger partial charge on any atom is 0.137 e. The highest BCUT2D eigenvalue weighted by Gasteiger charge is 2.12. The topological polar surface area (TPSA) is 41.1 Å². The molecule has 4 nitrogen and oxygen atoms in total. The van der Waals surface area contributed by atoms with Crippen LogP contribution < -0.4 is 10.2 Å². The van der Waals surface area contributed by atoms with Gasteiger partial charge < -0.3 is 10.2 Å². The van der Waals surface area contributed by atoms with Gasteiger partial charge in [0.2, 0.25) is 0 Å². The van der Waals surface area contributed by atoms with Crippen LogP contribution in [0.3, 0.4) is 0 Å². The molecular formula is C15H19BrN4. The Morgan fingerprint density at radius 1 is 1.15 bits per heavy atom. The van der Waals surface area contributed by atoms with Gasteiger partial charge in [0.15, 0.2) is 0 Å². The largest absolute Gasteiger partial charge is 0.373 e. The van der Waals surface area contributed by atoms with Crippen molar-refractivity contribution in [2.24, 2.45) is 0 Å². The molecule has 1 aromatic heterocycles. The second kappa shape index (κ2) is 6.22. The zero-order valence-corrected chi connectivity index (χ0v) is 13.8. The maximum atomic E-state index is 4.56. The Balaban J connectivity index is 2.26. The molecule has 0 aliphatic heterocycles. The van der Waals surface area contributed by atoms with E-state index in [2.05, 4.69) is 67.4 Å². The molecule has 1 aromatic carbocycles. The van der Waals surface area contributed by atoms with E-state index in [1.807, 2.05) is 20.9 Å². The van der Waals surface area contributed by atoms with E-state index in [9.17, 15) is 0 Å². The fourth-order valence-electron chi connectivity index (χ4n) is 2.17. The minimum Gasteiger partial charge on any atom is -0.373 e. The lowest BCUT2D eigenvalue weighted by Crippen LogP contribution is -2.20. The summed E-state index contributed by atoms with van der Waals surface area (Å²) in [6.07, 6.45) is 0. The summed E-state index contributed by atoms with van der Waals surface area (Å²) in [6.45, 7) is 4.77. The summed E-state index contributed by atoms with van der Waals surface area (Å²) in [5, 5.41) is 3.12. The SMILES string of the molecule is CNc1nc(C)nc(N(C)Cc2ccc(Br)cc2)c1C. The summed E-state index contributed by atoms with van der Waals surface area (Å²) >= 11 is 3.45. The molecule has 0 amide bonds. The van der Waals surface area contributed by atoms with Crippen LogP contribution in [0.2, 0.25) is 0 Å². The Labute approximate surface area is 128 Å². The zero-order valence-electron chi connectivity index (χ0n) is 12.2. The third-order valence-corrected chi connectivity index (χ3v) is 3.69. The third-order valence-electron chi connectivity index (χ3n) is 3.16. The summed E-state index contributed by atoms with van der Waals surface area (Å²) in [7, 11) is 3.93. The number of nitrogens with one attached hydrogen (secondary N) is 1. The number of hydrogen-bond donors (Lipinski definition) is 1. The van der Waals surface area contributed by atoms with Crippen LogP contribution in [0, 0.1) is 13.8 Å². The van der Waals surface area contributed by atoms with Crippen LogP contribution in [0.5, 0.6) is 0 Å². The standard InChI is InChI=1S/C15H19BrN4/c1-10-14(17-3)18-11(2)19-15(10)20(4)9-12-5-7-13(16)8-6-12/h5-8H,9H2,1-4H3,(H,17,18,19). The quantitative estimate of drug-likeness (QED) is 0.928. The molecule has 0 saturated heterocycles. The van der Waals surface area contributed by atoms with Crippen LogP contribution in [-0.2, 0) is 6.54 Å². The molecule has 0 radical (unpaired) electrons. The number of hydrogen-bond acceptors (Lipinski definition) is 4. The lowest BCUT2D eigenvalue weighted by Gasteiger charge is -2.22. The van der Waals surface area contributed by atoms with Crippen molar-refractivity contribution in [3.63, 3.8) is 0 Å². The Hall–Kier alpha value is -1.62. The van der Waals surface area contributed by atoms with E-state index < -0.39 is 0 Å². The summed E-state index contributed by atoms with van der Waals surface area (Å²) in [5.41, 5.74) is 2.31. The van der Waals surface area contributed by atoms with E-state index in [-0.39, 0.29) is 0 Å². The first-order valence-corrected chi connectivity index (χ1v) is 7.29. The molecule has 0 bridgehead atoms. The molecule has 0 saturated carbocycles. The molecule has 0 fully saturated rings. The van der Waals surface area contributed by atoms with Crippen molar-refractivity contribution in [1.82, 2.24) is 9.97 Å². The van der Waals surface area contributed by atoms with E-state index in [0.29, 0.717) is 0 Å². The van der Waals surface area contributed by atoms with Crippen LogP contribution in [0.1, 0.15) is 17.0 Å². The summed E-state index contributed by atoms with van der Waals surface area (Å²) in [6, 6.07) is 8.34. The number of rotatable bonds is 4. The second-order valence-corrected chi connectivity index (χ2v) is 5.72. The lowest BCUT2D eigenvalue weighted by molar-refractivity contribution is 0.870. The van der Waals surface area contributed by atoms with E-state index in [1.165, 1.54) is 5.56 Å². The summed E-state index contributed by atoms with van der Waals surface area (Å²) in [5.74, 6) is 2.62. The zero-order chi connectivity index (χ0) is 14.7. The molecule has 2 rings (SSSR count). The van der Waals surface area contributed by atoms with Crippen LogP contribution in [0.25, 0.3) is 0 Å². The Bertz CT molecular complexity index is 596. The molecule has 0 unspecified atom stereocenters. The van der Waals surface area contributed by atoms with Gasteiger partial charge in [-0.3, -0.25) is 0 Å². The Morgan fingerprint density at radius 3 is 2.40 bits per heavy atom. The van der Waals surface area contributed by atoms with Crippen LogP contribution in [-0.4, -0.2) is 24.1 Å². The molecule has 2 aromatic rings. The summed E-state index contributed by atoms with van der Waals surface area (Å²) in [4.78, 5) is 11.1. The van der Waals surface area contributed by atoms with Crippen molar-refractivity contribution >= 4 is 27.6 Å². The fourth-order valence-corrected chi connectivity index (χ4v) is 2.43. The van der Waals surface area contributed by atoms with Crippen molar-refractivity contribution in [1.29, 1.82) is 0 Å². The van der Waals surface area contributed by atoms with Gasteiger partial charge in [-0.15, -0.1) is 0 Å². The molecule has 1 heterocycles. The first-order chi connectivity index (χ1) is 9.51. The fraction of sp³-hybridized carbons (Fsp3) is 0.333. The number of nitrogens with zero attached hydrogens (tertiary/aromatic N) is 3. The number of aromatic nitrogens is 2. The van der Waals surface area contributed by atoms with E-state index >= 15 is 0 Å². The average molecular weight is 335 g/mol. The minimum atomic E-state index is 0.776. The van der Waals surface area contributed by atoms with Gasteiger partial charge in [0.1, 0.15) is 17.5 Å². The van der Waals surface area contributed by atoms with E-state index in [1.54, 1.807) is 0 Å². The van der Waals surface area contributed by atoms with Gasteiger partial charge in [-0.25, -0.2) is 9.97 Å². The molecule has 106 valence electrons. The third kappa shape index (κ3) is 3.28. The van der Waals surface area contributed by atoms with Gasteiger partial charge in [-0.05, 0) is 31.5 Å². The lowest BCUT2D eigenvalue weighted by atomic mass is 10.2. The molecule has 0 spiro atoms. The predicted molar refractivity (Wildman–Crippen MR) is 87.3 cm³/mol. The number of halogens is 1. The van der Waals surface area contributed by atoms with Crippen LogP contribution >= 0.6 is 15.9 Å². The van der Waals surface area contributed by atoms with Gasteiger partial charge in [0.25, 0.3) is 0 Å². The van der Waals surface area contributed by atoms with Gasteiger partial charge in [-0.2, -0.15) is 0 Å². The van der Waals surface area contributed by atoms with Gasteiger partial charge in [0.05, 0.1) is 0 Å². The van der Waals surface area contributed by atoms with Crippen molar-refractivity contribution in [2.75, 3.05) is 24.3 Å². The highest BCUT2D eigenvalue weighted by Crippen LogP contribution is 2.23. The van der Waals surface area contributed by atoms with Crippen molar-refractivity contribution < 1.29 is 0 Å². The Kier molecular flexibility index (Phi) is 4.60. The number of anilines is 2. The van der Waals surface area contributed by atoms with Gasteiger partial charge >= 0.3 is 0 Å². The van der Waals surface area contributed by atoms with Crippen molar-refractivity contribution in [2.45, 2.75) is 20.4 Å². The molecule has 0 atom stereocenters. The highest BCUT2D eigenvalue weighted by molar-refractivity contribution is 9.10. The predicted octanol–water partition coefficient (Wildman–Crippen LogP) is 3.53. The monoisotopic (exact) mass is 334 g/mol.